The van der Waals surface area contributed by atoms with Crippen molar-refractivity contribution in [3.8, 4) is 0 Å². The third-order valence-corrected chi connectivity index (χ3v) is 4.09. The van der Waals surface area contributed by atoms with Crippen LogP contribution in [0.3, 0.4) is 0 Å². The first-order chi connectivity index (χ1) is 10.4. The van der Waals surface area contributed by atoms with Gasteiger partial charge < -0.3 is 4.74 Å². The third-order valence-electron chi connectivity index (χ3n) is 2.83. The lowest BCUT2D eigenvalue weighted by Crippen LogP contribution is -2.15. The zero-order valence-electron chi connectivity index (χ0n) is 11.7. The second kappa shape index (κ2) is 6.57. The molecule has 0 saturated carbocycles. The van der Waals surface area contributed by atoms with Crippen molar-refractivity contribution in [3.63, 3.8) is 0 Å². The molecule has 0 aliphatic carbocycles. The van der Waals surface area contributed by atoms with Gasteiger partial charge in [0.05, 0.1) is 24.1 Å². The molecule has 2 aromatic rings. The highest BCUT2D eigenvalue weighted by Gasteiger charge is 2.13. The number of rotatable bonds is 5. The number of ether oxygens (including phenoxy) is 1. The molecule has 0 amide bonds. The quantitative estimate of drug-likeness (QED) is 0.858. The predicted molar refractivity (Wildman–Crippen MR) is 80.4 cm³/mol. The van der Waals surface area contributed by atoms with Gasteiger partial charge in [0.2, 0.25) is 10.0 Å². The van der Waals surface area contributed by atoms with Crippen molar-refractivity contribution in [1.29, 1.82) is 0 Å². The number of benzene rings is 2. The maximum Gasteiger partial charge on any atom is 0.337 e. The average Bonchev–Trinajstić information content (AvgIpc) is 2.46. The van der Waals surface area contributed by atoms with Crippen LogP contribution < -0.4 is 4.72 Å². The van der Waals surface area contributed by atoms with Crippen LogP contribution in [0.4, 0.5) is 10.1 Å². The minimum atomic E-state index is -3.68. The Kier molecular flexibility index (Phi) is 4.77. The molecule has 0 atom stereocenters. The lowest BCUT2D eigenvalue weighted by Gasteiger charge is -2.08. The van der Waals surface area contributed by atoms with E-state index in [9.17, 15) is 17.6 Å². The molecule has 2 rings (SSSR count). The normalized spacial score (nSPS) is 11.0. The largest absolute Gasteiger partial charge is 0.465 e. The Morgan fingerprint density at radius 3 is 2.45 bits per heavy atom. The number of nitrogens with one attached hydrogen (secondary N) is 1. The smallest absolute Gasteiger partial charge is 0.337 e. The summed E-state index contributed by atoms with van der Waals surface area (Å²) in [6.45, 7) is 0. The number of carbonyl (C=O) groups excluding carboxylic acids is 1. The van der Waals surface area contributed by atoms with Gasteiger partial charge in [-0.15, -0.1) is 0 Å². The van der Waals surface area contributed by atoms with Gasteiger partial charge in [0.15, 0.2) is 0 Å². The highest BCUT2D eigenvalue weighted by atomic mass is 32.2. The van der Waals surface area contributed by atoms with Gasteiger partial charge in [0.25, 0.3) is 0 Å². The molecular weight excluding hydrogens is 309 g/mol. The molecule has 0 saturated heterocycles. The van der Waals surface area contributed by atoms with Crippen molar-refractivity contribution < 1.29 is 22.3 Å². The number of methoxy groups -OCH3 is 1. The van der Waals surface area contributed by atoms with Crippen molar-refractivity contribution in [2.45, 2.75) is 5.75 Å². The summed E-state index contributed by atoms with van der Waals surface area (Å²) in [7, 11) is -2.41. The number of halogens is 1. The topological polar surface area (TPSA) is 72.5 Å². The van der Waals surface area contributed by atoms with Gasteiger partial charge in [-0.3, -0.25) is 4.72 Å². The van der Waals surface area contributed by atoms with E-state index in [1.807, 2.05) is 0 Å². The SMILES string of the molecule is COC(=O)c1ccc(CS(=O)(=O)Nc2cccc(F)c2)cc1. The second-order valence-corrected chi connectivity index (χ2v) is 6.28. The van der Waals surface area contributed by atoms with E-state index in [-0.39, 0.29) is 11.4 Å². The van der Waals surface area contributed by atoms with Crippen LogP contribution in [0.2, 0.25) is 0 Å². The van der Waals surface area contributed by atoms with Crippen LogP contribution in [0.15, 0.2) is 48.5 Å². The van der Waals surface area contributed by atoms with Crippen molar-refractivity contribution >= 4 is 21.7 Å². The molecule has 2 aromatic carbocycles. The zero-order valence-corrected chi connectivity index (χ0v) is 12.6. The number of hydrogen-bond acceptors (Lipinski definition) is 4. The summed E-state index contributed by atoms with van der Waals surface area (Å²) < 4.78 is 44.0. The van der Waals surface area contributed by atoms with Crippen molar-refractivity contribution in [3.05, 3.63) is 65.5 Å². The summed E-state index contributed by atoms with van der Waals surface area (Å²) in [6.07, 6.45) is 0. The maximum atomic E-state index is 13.0. The lowest BCUT2D eigenvalue weighted by molar-refractivity contribution is 0.0600. The summed E-state index contributed by atoms with van der Waals surface area (Å²) in [5, 5.41) is 0. The van der Waals surface area contributed by atoms with Gasteiger partial charge in [-0.05, 0) is 35.9 Å². The molecule has 0 bridgehead atoms. The molecule has 0 aliphatic rings. The first-order valence-corrected chi connectivity index (χ1v) is 7.98. The molecule has 5 nitrogen and oxygen atoms in total. The van der Waals surface area contributed by atoms with E-state index in [1.54, 1.807) is 0 Å². The van der Waals surface area contributed by atoms with Crippen LogP contribution >= 0.6 is 0 Å². The molecule has 0 aromatic heterocycles. The number of sulfonamides is 1. The van der Waals surface area contributed by atoms with Crippen molar-refractivity contribution in [2.24, 2.45) is 0 Å². The highest BCUT2D eigenvalue weighted by Crippen LogP contribution is 2.14. The van der Waals surface area contributed by atoms with E-state index in [0.29, 0.717) is 11.1 Å². The molecule has 116 valence electrons. The van der Waals surface area contributed by atoms with E-state index in [0.717, 1.165) is 6.07 Å². The Morgan fingerprint density at radius 2 is 1.86 bits per heavy atom. The Hall–Kier alpha value is -2.41. The van der Waals surface area contributed by atoms with Crippen molar-refractivity contribution in [2.75, 3.05) is 11.8 Å². The molecule has 0 aliphatic heterocycles. The minimum absolute atomic E-state index is 0.159. The molecule has 1 N–H and O–H groups in total. The molecule has 0 radical (unpaired) electrons. The van der Waals surface area contributed by atoms with Crippen LogP contribution in [0.25, 0.3) is 0 Å². The fourth-order valence-electron chi connectivity index (χ4n) is 1.84. The van der Waals surface area contributed by atoms with E-state index in [4.69, 9.17) is 0 Å². The number of hydrogen-bond donors (Lipinski definition) is 1. The van der Waals surface area contributed by atoms with Gasteiger partial charge in [-0.25, -0.2) is 17.6 Å². The van der Waals surface area contributed by atoms with Gasteiger partial charge in [-0.2, -0.15) is 0 Å². The number of anilines is 1. The number of esters is 1. The van der Waals surface area contributed by atoms with Crippen molar-refractivity contribution in [1.82, 2.24) is 0 Å². The Morgan fingerprint density at radius 1 is 1.18 bits per heavy atom. The van der Waals surface area contributed by atoms with E-state index in [1.165, 1.54) is 49.6 Å². The first kappa shape index (κ1) is 16.0. The molecule has 0 unspecified atom stereocenters. The monoisotopic (exact) mass is 323 g/mol. The fourth-order valence-corrected chi connectivity index (χ4v) is 3.03. The van der Waals surface area contributed by atoms with Gasteiger partial charge >= 0.3 is 5.97 Å². The first-order valence-electron chi connectivity index (χ1n) is 6.33. The third kappa shape index (κ3) is 4.29. The molecule has 0 fully saturated rings. The summed E-state index contributed by atoms with van der Waals surface area (Å²) >= 11 is 0. The lowest BCUT2D eigenvalue weighted by atomic mass is 10.1. The molecular formula is C15H14FNO4S. The second-order valence-electron chi connectivity index (χ2n) is 4.56. The maximum absolute atomic E-state index is 13.0. The molecule has 22 heavy (non-hydrogen) atoms. The summed E-state index contributed by atoms with van der Waals surface area (Å²) in [5.41, 5.74) is 0.990. The van der Waals surface area contributed by atoms with Crippen LogP contribution in [0.1, 0.15) is 15.9 Å². The van der Waals surface area contributed by atoms with Crippen LogP contribution in [0.5, 0.6) is 0 Å². The standard InChI is InChI=1S/C15H14FNO4S/c1-21-15(18)12-7-5-11(6-8-12)10-22(19,20)17-14-4-2-3-13(16)9-14/h2-9,17H,10H2,1H3. The molecule has 0 heterocycles. The summed E-state index contributed by atoms with van der Waals surface area (Å²) in [6, 6.07) is 11.2. The van der Waals surface area contributed by atoms with E-state index >= 15 is 0 Å². The minimum Gasteiger partial charge on any atom is -0.465 e. The zero-order chi connectivity index (χ0) is 16.2. The van der Waals surface area contributed by atoms with Gasteiger partial charge in [0.1, 0.15) is 5.82 Å². The summed E-state index contributed by atoms with van der Waals surface area (Å²) in [4.78, 5) is 11.3. The highest BCUT2D eigenvalue weighted by molar-refractivity contribution is 7.91. The van der Waals surface area contributed by atoms with E-state index < -0.39 is 21.8 Å². The van der Waals surface area contributed by atoms with Gasteiger partial charge in [-0.1, -0.05) is 18.2 Å². The van der Waals surface area contributed by atoms with Gasteiger partial charge in [0, 0.05) is 0 Å². The summed E-state index contributed by atoms with van der Waals surface area (Å²) in [5.74, 6) is -1.31. The van der Waals surface area contributed by atoms with E-state index in [2.05, 4.69) is 9.46 Å². The Balaban J connectivity index is 2.10. The fraction of sp³-hybridized carbons (Fsp3) is 0.133. The molecule has 7 heteroatoms. The Bertz CT molecular complexity index is 772. The van der Waals surface area contributed by atoms with Crippen LogP contribution in [0, 0.1) is 5.82 Å². The van der Waals surface area contributed by atoms with Crippen LogP contribution in [-0.2, 0) is 20.5 Å². The predicted octanol–water partition coefficient (Wildman–Crippen LogP) is 2.55. The average molecular weight is 323 g/mol. The Labute approximate surface area is 127 Å². The molecule has 0 spiro atoms. The van der Waals surface area contributed by atoms with Crippen LogP contribution in [-0.4, -0.2) is 21.5 Å². The number of carbonyl (C=O) groups is 1.